The number of phenols is 1. The Kier molecular flexibility index (Phi) is 7.72. The van der Waals surface area contributed by atoms with Gasteiger partial charge in [-0.3, -0.25) is 4.98 Å². The highest BCUT2D eigenvalue weighted by molar-refractivity contribution is 6.27. The van der Waals surface area contributed by atoms with Crippen molar-refractivity contribution in [1.82, 2.24) is 10.3 Å². The third kappa shape index (κ3) is 6.32. The molecule has 0 spiro atoms. The summed E-state index contributed by atoms with van der Waals surface area (Å²) in [5, 5.41) is 27.9. The predicted molar refractivity (Wildman–Crippen MR) is 84.7 cm³/mol. The van der Waals surface area contributed by atoms with E-state index in [9.17, 15) is 5.11 Å². The fourth-order valence-electron chi connectivity index (χ4n) is 1.72. The molecule has 24 heavy (non-hydrogen) atoms. The standard InChI is InChI=1S/C14H16N2O2.C2H2O4/c1-18-13-6-2-5-12(14(13)17)10-16-9-11-4-3-7-15-8-11;3-1(4)2(5)6/h2-8,16-17H,9-10H2,1H3;(H,3,4)(H,5,6). The van der Waals surface area contributed by atoms with E-state index in [0.717, 1.165) is 11.1 Å². The fraction of sp³-hybridized carbons (Fsp3) is 0.188. The van der Waals surface area contributed by atoms with E-state index in [0.29, 0.717) is 18.8 Å². The Morgan fingerprint density at radius 3 is 2.38 bits per heavy atom. The molecule has 1 aromatic carbocycles. The lowest BCUT2D eigenvalue weighted by atomic mass is 10.2. The molecule has 8 nitrogen and oxygen atoms in total. The van der Waals surface area contributed by atoms with Crippen molar-refractivity contribution in [2.24, 2.45) is 0 Å². The molecule has 0 amide bonds. The van der Waals surface area contributed by atoms with Gasteiger partial charge in [-0.1, -0.05) is 18.2 Å². The van der Waals surface area contributed by atoms with E-state index in [1.807, 2.05) is 30.5 Å². The van der Waals surface area contributed by atoms with Crippen LogP contribution in [-0.4, -0.2) is 39.4 Å². The lowest BCUT2D eigenvalue weighted by Crippen LogP contribution is -2.12. The van der Waals surface area contributed by atoms with Crippen LogP contribution >= 0.6 is 0 Å². The molecule has 2 aromatic rings. The minimum atomic E-state index is -1.82. The first-order valence-electron chi connectivity index (χ1n) is 6.86. The van der Waals surface area contributed by atoms with Crippen LogP contribution in [0, 0.1) is 0 Å². The molecule has 0 aliphatic heterocycles. The largest absolute Gasteiger partial charge is 0.504 e. The van der Waals surface area contributed by atoms with E-state index in [-0.39, 0.29) is 5.75 Å². The second-order valence-corrected chi connectivity index (χ2v) is 4.54. The summed E-state index contributed by atoms with van der Waals surface area (Å²) in [6.45, 7) is 1.29. The van der Waals surface area contributed by atoms with Crippen LogP contribution in [0.1, 0.15) is 11.1 Å². The van der Waals surface area contributed by atoms with Crippen molar-refractivity contribution in [3.63, 3.8) is 0 Å². The lowest BCUT2D eigenvalue weighted by molar-refractivity contribution is -0.159. The highest BCUT2D eigenvalue weighted by Crippen LogP contribution is 2.29. The van der Waals surface area contributed by atoms with Crippen LogP contribution in [0.25, 0.3) is 0 Å². The number of carboxylic acids is 2. The van der Waals surface area contributed by atoms with Gasteiger partial charge in [-0.15, -0.1) is 0 Å². The maximum atomic E-state index is 9.91. The number of aliphatic carboxylic acids is 2. The number of pyridine rings is 1. The maximum absolute atomic E-state index is 9.91. The van der Waals surface area contributed by atoms with Gasteiger partial charge in [0.15, 0.2) is 11.5 Å². The summed E-state index contributed by atoms with van der Waals surface area (Å²) in [5.74, 6) is -2.96. The number of rotatable bonds is 5. The molecule has 1 heterocycles. The summed E-state index contributed by atoms with van der Waals surface area (Å²) in [6, 6.07) is 9.37. The number of ether oxygens (including phenoxy) is 1. The molecule has 0 atom stereocenters. The first-order chi connectivity index (χ1) is 11.5. The van der Waals surface area contributed by atoms with E-state index < -0.39 is 11.9 Å². The molecule has 0 fully saturated rings. The van der Waals surface area contributed by atoms with Crippen LogP contribution < -0.4 is 10.1 Å². The van der Waals surface area contributed by atoms with Crippen molar-refractivity contribution in [2.75, 3.05) is 7.11 Å². The van der Waals surface area contributed by atoms with E-state index in [1.54, 1.807) is 19.4 Å². The fourth-order valence-corrected chi connectivity index (χ4v) is 1.72. The number of benzene rings is 1. The number of hydrogen-bond donors (Lipinski definition) is 4. The molecule has 0 aliphatic carbocycles. The number of methoxy groups -OCH3 is 1. The summed E-state index contributed by atoms with van der Waals surface area (Å²) < 4.78 is 5.06. The molecule has 0 aliphatic rings. The lowest BCUT2D eigenvalue weighted by Gasteiger charge is -2.09. The Bertz CT molecular complexity index is 664. The predicted octanol–water partition coefficient (Wildman–Crippen LogP) is 1.24. The van der Waals surface area contributed by atoms with Crippen molar-refractivity contribution in [3.05, 3.63) is 53.9 Å². The molecule has 4 N–H and O–H groups in total. The molecular weight excluding hydrogens is 316 g/mol. The average Bonchev–Trinajstić information content (AvgIpc) is 2.58. The minimum Gasteiger partial charge on any atom is -0.504 e. The molecule has 0 radical (unpaired) electrons. The van der Waals surface area contributed by atoms with Gasteiger partial charge >= 0.3 is 11.9 Å². The zero-order chi connectivity index (χ0) is 17.9. The van der Waals surface area contributed by atoms with Crippen molar-refractivity contribution in [3.8, 4) is 11.5 Å². The van der Waals surface area contributed by atoms with E-state index in [4.69, 9.17) is 24.5 Å². The molecule has 128 valence electrons. The monoisotopic (exact) mass is 334 g/mol. The summed E-state index contributed by atoms with van der Waals surface area (Å²) >= 11 is 0. The van der Waals surface area contributed by atoms with Gasteiger partial charge in [0.25, 0.3) is 0 Å². The number of hydrogen-bond acceptors (Lipinski definition) is 6. The number of carbonyl (C=O) groups is 2. The Labute approximate surface area is 138 Å². The summed E-state index contributed by atoms with van der Waals surface area (Å²) in [7, 11) is 1.54. The summed E-state index contributed by atoms with van der Waals surface area (Å²) in [5.41, 5.74) is 1.93. The average molecular weight is 334 g/mol. The van der Waals surface area contributed by atoms with Gasteiger partial charge in [0.2, 0.25) is 0 Å². The Hall–Kier alpha value is -3.13. The van der Waals surface area contributed by atoms with Crippen LogP contribution in [0.5, 0.6) is 11.5 Å². The molecule has 0 saturated carbocycles. The first-order valence-corrected chi connectivity index (χ1v) is 6.86. The third-order valence-electron chi connectivity index (χ3n) is 2.85. The smallest absolute Gasteiger partial charge is 0.414 e. The molecule has 0 saturated heterocycles. The van der Waals surface area contributed by atoms with Crippen molar-refractivity contribution in [1.29, 1.82) is 0 Å². The number of phenolic OH excluding ortho intramolecular Hbond substituents is 1. The Balaban J connectivity index is 0.000000413. The van der Waals surface area contributed by atoms with E-state index >= 15 is 0 Å². The van der Waals surface area contributed by atoms with Gasteiger partial charge in [0, 0.05) is 31.0 Å². The van der Waals surface area contributed by atoms with Crippen molar-refractivity contribution >= 4 is 11.9 Å². The van der Waals surface area contributed by atoms with Crippen LogP contribution in [0.2, 0.25) is 0 Å². The van der Waals surface area contributed by atoms with Gasteiger partial charge in [-0.05, 0) is 17.7 Å². The van der Waals surface area contributed by atoms with Gasteiger partial charge in [-0.25, -0.2) is 9.59 Å². The number of carboxylic acid groups (broad SMARTS) is 2. The van der Waals surface area contributed by atoms with Crippen LogP contribution in [-0.2, 0) is 22.7 Å². The molecule has 8 heteroatoms. The van der Waals surface area contributed by atoms with E-state index in [1.165, 1.54) is 0 Å². The van der Waals surface area contributed by atoms with Gasteiger partial charge in [-0.2, -0.15) is 0 Å². The normalized spacial score (nSPS) is 9.54. The molecular formula is C16H18N2O6. The number of aromatic nitrogens is 1. The maximum Gasteiger partial charge on any atom is 0.414 e. The number of nitrogens with one attached hydrogen (secondary N) is 1. The second-order valence-electron chi connectivity index (χ2n) is 4.54. The highest BCUT2D eigenvalue weighted by atomic mass is 16.5. The number of para-hydroxylation sites is 1. The van der Waals surface area contributed by atoms with Crippen LogP contribution in [0.4, 0.5) is 0 Å². The topological polar surface area (TPSA) is 129 Å². The summed E-state index contributed by atoms with van der Waals surface area (Å²) in [6.07, 6.45) is 3.57. The van der Waals surface area contributed by atoms with Crippen LogP contribution in [0.3, 0.4) is 0 Å². The minimum absolute atomic E-state index is 0.193. The SMILES string of the molecule is COc1cccc(CNCc2cccnc2)c1O.O=C(O)C(=O)O. The second kappa shape index (κ2) is 9.80. The molecule has 0 unspecified atom stereocenters. The van der Waals surface area contributed by atoms with Gasteiger partial charge in [0.1, 0.15) is 0 Å². The number of nitrogens with zero attached hydrogens (tertiary/aromatic N) is 1. The van der Waals surface area contributed by atoms with Crippen molar-refractivity contribution < 1.29 is 29.6 Å². The zero-order valence-corrected chi connectivity index (χ0v) is 13.0. The molecule has 2 rings (SSSR count). The van der Waals surface area contributed by atoms with Gasteiger partial charge in [0.05, 0.1) is 7.11 Å². The van der Waals surface area contributed by atoms with E-state index in [2.05, 4.69) is 10.3 Å². The Morgan fingerprint density at radius 1 is 1.12 bits per heavy atom. The van der Waals surface area contributed by atoms with Crippen LogP contribution in [0.15, 0.2) is 42.7 Å². The van der Waals surface area contributed by atoms with Crippen molar-refractivity contribution in [2.45, 2.75) is 13.1 Å². The highest BCUT2D eigenvalue weighted by Gasteiger charge is 2.06. The summed E-state index contributed by atoms with van der Waals surface area (Å²) in [4.78, 5) is 22.2. The van der Waals surface area contributed by atoms with Gasteiger partial charge < -0.3 is 25.4 Å². The third-order valence-corrected chi connectivity index (χ3v) is 2.85. The molecule has 1 aromatic heterocycles. The number of aromatic hydroxyl groups is 1. The zero-order valence-electron chi connectivity index (χ0n) is 13.0. The first kappa shape index (κ1) is 18.9. The Morgan fingerprint density at radius 2 is 1.83 bits per heavy atom. The quantitative estimate of drug-likeness (QED) is 0.601. The molecule has 0 bridgehead atoms.